The van der Waals surface area contributed by atoms with Crippen molar-refractivity contribution >= 4 is 15.7 Å². The Morgan fingerprint density at radius 1 is 1.53 bits per heavy atom. The van der Waals surface area contributed by atoms with E-state index in [2.05, 4.69) is 4.72 Å². The molecule has 0 fully saturated rings. The van der Waals surface area contributed by atoms with Crippen LogP contribution in [0.4, 0.5) is 10.1 Å². The smallest absolute Gasteiger partial charge is 0.242 e. The number of anilines is 1. The highest BCUT2D eigenvalue weighted by Gasteiger charge is 2.19. The highest BCUT2D eigenvalue weighted by Crippen LogP contribution is 2.20. The molecule has 96 valence electrons. The van der Waals surface area contributed by atoms with E-state index in [1.165, 1.54) is 12.1 Å². The van der Waals surface area contributed by atoms with E-state index in [-0.39, 0.29) is 11.4 Å². The van der Waals surface area contributed by atoms with Crippen LogP contribution in [0, 0.1) is 5.82 Å². The van der Waals surface area contributed by atoms with Crippen LogP contribution in [0.25, 0.3) is 0 Å². The number of rotatable bonds is 5. The molecule has 0 saturated carbocycles. The van der Waals surface area contributed by atoms with Gasteiger partial charge in [-0.3, -0.25) is 0 Å². The van der Waals surface area contributed by atoms with E-state index in [4.69, 9.17) is 5.73 Å². The molecule has 0 aliphatic rings. The molecule has 1 unspecified atom stereocenters. The number of nitrogens with one attached hydrogen (secondary N) is 1. The van der Waals surface area contributed by atoms with Gasteiger partial charge in [-0.25, -0.2) is 17.5 Å². The second kappa shape index (κ2) is 5.44. The fourth-order valence-corrected chi connectivity index (χ4v) is 2.39. The van der Waals surface area contributed by atoms with E-state index in [0.717, 1.165) is 6.07 Å². The number of aliphatic hydroxyl groups excluding tert-OH is 1. The van der Waals surface area contributed by atoms with Crippen LogP contribution in [-0.4, -0.2) is 26.2 Å². The van der Waals surface area contributed by atoms with Gasteiger partial charge >= 0.3 is 0 Å². The van der Waals surface area contributed by atoms with Crippen molar-refractivity contribution in [2.75, 3.05) is 12.3 Å². The Hall–Kier alpha value is -1.18. The normalized spacial score (nSPS) is 13.6. The lowest BCUT2D eigenvalue weighted by Crippen LogP contribution is -2.32. The fourth-order valence-electron chi connectivity index (χ4n) is 1.18. The summed E-state index contributed by atoms with van der Waals surface area (Å²) in [5.74, 6) is -0.788. The monoisotopic (exact) mass is 262 g/mol. The average molecular weight is 262 g/mol. The Labute approximate surface area is 99.5 Å². The third-order valence-electron chi connectivity index (χ3n) is 2.28. The number of aliphatic hydroxyl groups is 1. The average Bonchev–Trinajstić information content (AvgIpc) is 2.29. The topological polar surface area (TPSA) is 92.4 Å². The second-order valence-electron chi connectivity index (χ2n) is 3.57. The summed E-state index contributed by atoms with van der Waals surface area (Å²) in [4.78, 5) is -0.319. The highest BCUT2D eigenvalue weighted by atomic mass is 32.2. The molecular weight excluding hydrogens is 247 g/mol. The first kappa shape index (κ1) is 13.9. The van der Waals surface area contributed by atoms with Gasteiger partial charge in [0.2, 0.25) is 10.0 Å². The molecule has 0 radical (unpaired) electrons. The molecular formula is C10H15FN2O3S. The van der Waals surface area contributed by atoms with E-state index in [1.807, 2.05) is 0 Å². The van der Waals surface area contributed by atoms with Crippen molar-refractivity contribution in [2.24, 2.45) is 0 Å². The van der Waals surface area contributed by atoms with Crippen LogP contribution in [0.2, 0.25) is 0 Å². The summed E-state index contributed by atoms with van der Waals surface area (Å²) in [6.45, 7) is 1.59. The minimum atomic E-state index is -3.89. The van der Waals surface area contributed by atoms with Gasteiger partial charge in [-0.2, -0.15) is 0 Å². The van der Waals surface area contributed by atoms with Gasteiger partial charge in [0, 0.05) is 6.54 Å². The maximum Gasteiger partial charge on any atom is 0.242 e. The number of benzene rings is 1. The minimum absolute atomic E-state index is 0.130. The Morgan fingerprint density at radius 2 is 2.18 bits per heavy atom. The molecule has 1 rings (SSSR count). The number of hydrogen-bond donors (Lipinski definition) is 3. The van der Waals surface area contributed by atoms with Crippen molar-refractivity contribution in [3.05, 3.63) is 24.0 Å². The zero-order valence-electron chi connectivity index (χ0n) is 9.35. The van der Waals surface area contributed by atoms with E-state index < -0.39 is 27.6 Å². The summed E-state index contributed by atoms with van der Waals surface area (Å²) in [6, 6.07) is 3.55. The number of sulfonamides is 1. The molecule has 1 aromatic rings. The summed E-state index contributed by atoms with van der Waals surface area (Å²) in [5.41, 5.74) is 4.93. The summed E-state index contributed by atoms with van der Waals surface area (Å²) < 4.78 is 38.8. The molecule has 0 saturated heterocycles. The van der Waals surface area contributed by atoms with Crippen molar-refractivity contribution in [3.63, 3.8) is 0 Å². The molecule has 0 aliphatic heterocycles. The van der Waals surface area contributed by atoms with Crippen molar-refractivity contribution in [3.8, 4) is 0 Å². The number of nitrogens with two attached hydrogens (primary N) is 1. The maximum atomic E-state index is 13.1. The van der Waals surface area contributed by atoms with Gasteiger partial charge in [0.05, 0.1) is 11.8 Å². The van der Waals surface area contributed by atoms with Crippen LogP contribution in [0.1, 0.15) is 13.3 Å². The molecule has 0 spiro atoms. The Kier molecular flexibility index (Phi) is 4.44. The fraction of sp³-hybridized carbons (Fsp3) is 0.400. The molecule has 1 atom stereocenters. The van der Waals surface area contributed by atoms with Gasteiger partial charge in [-0.1, -0.05) is 13.0 Å². The lowest BCUT2D eigenvalue weighted by molar-refractivity contribution is 0.174. The SMILES string of the molecule is CCC(O)CNS(=O)(=O)c1cccc(F)c1N. The zero-order chi connectivity index (χ0) is 13.1. The van der Waals surface area contributed by atoms with Crippen molar-refractivity contribution in [1.82, 2.24) is 4.72 Å². The Morgan fingerprint density at radius 3 is 2.76 bits per heavy atom. The standard InChI is InChI=1S/C10H15FN2O3S/c1-2-7(14)6-13-17(15,16)9-5-3-4-8(11)10(9)12/h3-5,7,13-14H,2,6,12H2,1H3. The van der Waals surface area contributed by atoms with Crippen LogP contribution < -0.4 is 10.5 Å². The van der Waals surface area contributed by atoms with E-state index in [1.54, 1.807) is 6.92 Å². The predicted molar refractivity (Wildman–Crippen MR) is 62.3 cm³/mol. The first-order valence-corrected chi connectivity index (χ1v) is 6.58. The van der Waals surface area contributed by atoms with E-state index in [0.29, 0.717) is 6.42 Å². The number of para-hydroxylation sites is 1. The first-order valence-electron chi connectivity index (χ1n) is 5.10. The predicted octanol–water partition coefficient (Wildman–Crippen LogP) is 0.457. The summed E-state index contributed by atoms with van der Waals surface area (Å²) in [7, 11) is -3.89. The van der Waals surface area contributed by atoms with Gasteiger partial charge < -0.3 is 10.8 Å². The molecule has 0 aliphatic carbocycles. The summed E-state index contributed by atoms with van der Waals surface area (Å²) in [6.07, 6.45) is -0.360. The molecule has 0 heterocycles. The Balaban J connectivity index is 2.94. The molecule has 0 amide bonds. The quantitative estimate of drug-likeness (QED) is 0.672. The molecule has 1 aromatic carbocycles. The third kappa shape index (κ3) is 3.39. The van der Waals surface area contributed by atoms with Gasteiger partial charge in [0.25, 0.3) is 0 Å². The molecule has 5 nitrogen and oxygen atoms in total. The van der Waals surface area contributed by atoms with Crippen LogP contribution in [0.3, 0.4) is 0 Å². The first-order chi connectivity index (χ1) is 7.88. The largest absolute Gasteiger partial charge is 0.395 e. The van der Waals surface area contributed by atoms with Gasteiger partial charge in [-0.05, 0) is 18.6 Å². The highest BCUT2D eigenvalue weighted by molar-refractivity contribution is 7.89. The lowest BCUT2D eigenvalue weighted by Gasteiger charge is -2.11. The van der Waals surface area contributed by atoms with Crippen molar-refractivity contribution in [2.45, 2.75) is 24.3 Å². The summed E-state index contributed by atoms with van der Waals surface area (Å²) in [5, 5.41) is 9.26. The molecule has 0 aromatic heterocycles. The minimum Gasteiger partial charge on any atom is -0.395 e. The van der Waals surface area contributed by atoms with Crippen molar-refractivity contribution in [1.29, 1.82) is 0 Å². The van der Waals surface area contributed by atoms with E-state index >= 15 is 0 Å². The third-order valence-corrected chi connectivity index (χ3v) is 3.76. The summed E-state index contributed by atoms with van der Waals surface area (Å²) >= 11 is 0. The van der Waals surface area contributed by atoms with Crippen LogP contribution in [0.15, 0.2) is 23.1 Å². The second-order valence-corrected chi connectivity index (χ2v) is 5.30. The van der Waals surface area contributed by atoms with Crippen LogP contribution >= 0.6 is 0 Å². The van der Waals surface area contributed by atoms with Gasteiger partial charge in [0.15, 0.2) is 0 Å². The van der Waals surface area contributed by atoms with Gasteiger partial charge in [-0.15, -0.1) is 0 Å². The zero-order valence-corrected chi connectivity index (χ0v) is 10.2. The van der Waals surface area contributed by atoms with Gasteiger partial charge in [0.1, 0.15) is 10.7 Å². The number of nitrogen functional groups attached to an aromatic ring is 1. The maximum absolute atomic E-state index is 13.1. The van der Waals surface area contributed by atoms with Crippen molar-refractivity contribution < 1.29 is 17.9 Å². The van der Waals surface area contributed by atoms with E-state index in [9.17, 15) is 17.9 Å². The molecule has 0 bridgehead atoms. The molecule has 7 heteroatoms. The van der Waals surface area contributed by atoms with Crippen LogP contribution in [0.5, 0.6) is 0 Å². The molecule has 4 N–H and O–H groups in total. The molecule has 17 heavy (non-hydrogen) atoms. The number of hydrogen-bond acceptors (Lipinski definition) is 4. The number of halogens is 1. The Bertz CT molecular complexity index is 490. The lowest BCUT2D eigenvalue weighted by atomic mass is 10.3. The van der Waals surface area contributed by atoms with Crippen LogP contribution in [-0.2, 0) is 10.0 Å².